The summed E-state index contributed by atoms with van der Waals surface area (Å²) in [6.45, 7) is 8.16. The van der Waals surface area contributed by atoms with Crippen LogP contribution in [0.15, 0.2) is 12.4 Å². The monoisotopic (exact) mass is 243 g/mol. The number of hydrogen-bond acceptors (Lipinski definition) is 4. The van der Waals surface area contributed by atoms with Crippen LogP contribution in [0.3, 0.4) is 0 Å². The Bertz CT molecular complexity index is 305. The van der Waals surface area contributed by atoms with Crippen molar-refractivity contribution in [3.05, 3.63) is 17.5 Å². The summed E-state index contributed by atoms with van der Waals surface area (Å²) < 4.78 is 5.44. The Balaban J connectivity index is 2.20. The lowest BCUT2D eigenvalue weighted by molar-refractivity contribution is 0.244. The summed E-state index contributed by atoms with van der Waals surface area (Å²) in [4.78, 5) is 10.3. The summed E-state index contributed by atoms with van der Waals surface area (Å²) in [6, 6.07) is 0. The molecule has 0 aromatic carbocycles. The Morgan fingerprint density at radius 2 is 2.06 bits per heavy atom. The summed E-state index contributed by atoms with van der Waals surface area (Å²) >= 11 is 5.69. The van der Waals surface area contributed by atoms with Crippen LogP contribution in [0.4, 0.5) is 0 Å². The SMILES string of the molecule is CCN(CC)CCCOc1cncc(Cl)n1. The number of halogens is 1. The van der Waals surface area contributed by atoms with Crippen molar-refractivity contribution in [3.8, 4) is 5.88 Å². The summed E-state index contributed by atoms with van der Waals surface area (Å²) in [5.74, 6) is 0.493. The van der Waals surface area contributed by atoms with E-state index in [0.717, 1.165) is 26.1 Å². The topological polar surface area (TPSA) is 38.2 Å². The van der Waals surface area contributed by atoms with Gasteiger partial charge in [-0.1, -0.05) is 25.4 Å². The van der Waals surface area contributed by atoms with E-state index in [1.807, 2.05) is 0 Å². The van der Waals surface area contributed by atoms with Gasteiger partial charge in [0.25, 0.3) is 0 Å². The van der Waals surface area contributed by atoms with Gasteiger partial charge in [-0.3, -0.25) is 4.98 Å². The van der Waals surface area contributed by atoms with E-state index in [-0.39, 0.29) is 0 Å². The standard InChI is InChI=1S/C11H18ClN3O/c1-3-15(4-2)6-5-7-16-11-9-13-8-10(12)14-11/h8-9H,3-7H2,1-2H3. The molecule has 0 atom stereocenters. The van der Waals surface area contributed by atoms with Gasteiger partial charge in [0.15, 0.2) is 5.15 Å². The van der Waals surface area contributed by atoms with Gasteiger partial charge in [-0.15, -0.1) is 0 Å². The predicted molar refractivity (Wildman–Crippen MR) is 64.9 cm³/mol. The minimum atomic E-state index is 0.362. The van der Waals surface area contributed by atoms with E-state index in [1.54, 1.807) is 6.20 Å². The Labute approximate surface area is 102 Å². The second kappa shape index (κ2) is 7.41. The average molecular weight is 244 g/mol. The third-order valence-corrected chi connectivity index (χ3v) is 2.53. The van der Waals surface area contributed by atoms with Crippen LogP contribution in [0.1, 0.15) is 20.3 Å². The van der Waals surface area contributed by atoms with E-state index in [0.29, 0.717) is 17.6 Å². The summed E-state index contributed by atoms with van der Waals surface area (Å²) in [6.07, 6.45) is 4.05. The first-order valence-corrected chi connectivity index (χ1v) is 5.96. The molecule has 0 aliphatic heterocycles. The molecule has 0 bridgehead atoms. The zero-order valence-electron chi connectivity index (χ0n) is 9.82. The maximum absolute atomic E-state index is 5.69. The van der Waals surface area contributed by atoms with Crippen LogP contribution in [-0.4, -0.2) is 41.1 Å². The number of ether oxygens (including phenoxy) is 1. The highest BCUT2D eigenvalue weighted by Crippen LogP contribution is 2.09. The first-order valence-electron chi connectivity index (χ1n) is 5.59. The number of rotatable bonds is 7. The van der Waals surface area contributed by atoms with Crippen LogP contribution in [0.2, 0.25) is 5.15 Å². The molecule has 0 saturated carbocycles. The Morgan fingerprint density at radius 1 is 1.31 bits per heavy atom. The van der Waals surface area contributed by atoms with E-state index in [2.05, 4.69) is 28.7 Å². The van der Waals surface area contributed by atoms with Crippen LogP contribution in [0, 0.1) is 0 Å². The predicted octanol–water partition coefficient (Wildman–Crippen LogP) is 2.24. The lowest BCUT2D eigenvalue weighted by Crippen LogP contribution is -2.25. The van der Waals surface area contributed by atoms with Gasteiger partial charge < -0.3 is 9.64 Å². The third-order valence-electron chi connectivity index (χ3n) is 2.35. The van der Waals surface area contributed by atoms with Crippen molar-refractivity contribution in [1.82, 2.24) is 14.9 Å². The lowest BCUT2D eigenvalue weighted by atomic mass is 10.4. The molecule has 1 aromatic heterocycles. The molecule has 0 N–H and O–H groups in total. The molecule has 0 fully saturated rings. The molecular formula is C11H18ClN3O. The van der Waals surface area contributed by atoms with Gasteiger partial charge in [-0.05, 0) is 19.5 Å². The number of hydrogen-bond donors (Lipinski definition) is 0. The summed E-state index contributed by atoms with van der Waals surface area (Å²) in [5.41, 5.74) is 0. The first-order chi connectivity index (χ1) is 7.76. The zero-order valence-corrected chi connectivity index (χ0v) is 10.6. The van der Waals surface area contributed by atoms with Crippen LogP contribution in [0.5, 0.6) is 5.88 Å². The molecule has 5 heteroatoms. The minimum Gasteiger partial charge on any atom is -0.476 e. The van der Waals surface area contributed by atoms with Crippen LogP contribution in [0.25, 0.3) is 0 Å². The first kappa shape index (κ1) is 13.2. The molecule has 0 saturated heterocycles. The van der Waals surface area contributed by atoms with Gasteiger partial charge in [-0.25, -0.2) is 0 Å². The molecule has 1 rings (SSSR count). The van der Waals surface area contributed by atoms with E-state index in [4.69, 9.17) is 16.3 Å². The van der Waals surface area contributed by atoms with E-state index >= 15 is 0 Å². The fourth-order valence-corrected chi connectivity index (χ4v) is 1.54. The molecule has 1 heterocycles. The Kier molecular flexibility index (Phi) is 6.11. The fourth-order valence-electron chi connectivity index (χ4n) is 1.40. The highest BCUT2D eigenvalue weighted by molar-refractivity contribution is 6.29. The van der Waals surface area contributed by atoms with Gasteiger partial charge in [-0.2, -0.15) is 4.98 Å². The second-order valence-corrected chi connectivity index (χ2v) is 3.80. The smallest absolute Gasteiger partial charge is 0.233 e. The van der Waals surface area contributed by atoms with Crippen LogP contribution < -0.4 is 4.74 Å². The molecule has 0 unspecified atom stereocenters. The average Bonchev–Trinajstić information content (AvgIpc) is 2.29. The molecular weight excluding hydrogens is 226 g/mol. The highest BCUT2D eigenvalue weighted by Gasteiger charge is 2.00. The lowest BCUT2D eigenvalue weighted by Gasteiger charge is -2.17. The molecule has 0 aliphatic carbocycles. The second-order valence-electron chi connectivity index (χ2n) is 3.41. The van der Waals surface area contributed by atoms with Crippen molar-refractivity contribution >= 4 is 11.6 Å². The van der Waals surface area contributed by atoms with Gasteiger partial charge >= 0.3 is 0 Å². The van der Waals surface area contributed by atoms with Crippen molar-refractivity contribution < 1.29 is 4.74 Å². The van der Waals surface area contributed by atoms with Crippen molar-refractivity contribution in [2.45, 2.75) is 20.3 Å². The molecule has 0 amide bonds. The van der Waals surface area contributed by atoms with Crippen molar-refractivity contribution in [2.75, 3.05) is 26.2 Å². The minimum absolute atomic E-state index is 0.362. The summed E-state index contributed by atoms with van der Waals surface area (Å²) in [7, 11) is 0. The number of nitrogens with zero attached hydrogens (tertiary/aromatic N) is 3. The molecule has 1 aromatic rings. The maximum atomic E-state index is 5.69. The highest BCUT2D eigenvalue weighted by atomic mass is 35.5. The molecule has 0 aliphatic rings. The van der Waals surface area contributed by atoms with Crippen LogP contribution >= 0.6 is 11.6 Å². The molecule has 4 nitrogen and oxygen atoms in total. The van der Waals surface area contributed by atoms with Crippen molar-refractivity contribution in [1.29, 1.82) is 0 Å². The Morgan fingerprint density at radius 3 is 2.69 bits per heavy atom. The quantitative estimate of drug-likeness (QED) is 0.689. The van der Waals surface area contributed by atoms with E-state index in [1.165, 1.54) is 6.20 Å². The molecule has 0 radical (unpaired) electrons. The molecule has 90 valence electrons. The van der Waals surface area contributed by atoms with Gasteiger partial charge in [0, 0.05) is 6.54 Å². The fraction of sp³-hybridized carbons (Fsp3) is 0.636. The van der Waals surface area contributed by atoms with Gasteiger partial charge in [0.2, 0.25) is 5.88 Å². The summed E-state index contributed by atoms with van der Waals surface area (Å²) in [5, 5.41) is 0.362. The third kappa shape index (κ3) is 4.77. The van der Waals surface area contributed by atoms with Crippen molar-refractivity contribution in [2.24, 2.45) is 0 Å². The zero-order chi connectivity index (χ0) is 11.8. The van der Waals surface area contributed by atoms with Crippen LogP contribution in [-0.2, 0) is 0 Å². The Hall–Kier alpha value is -0.870. The molecule has 16 heavy (non-hydrogen) atoms. The van der Waals surface area contributed by atoms with Gasteiger partial charge in [0.1, 0.15) is 0 Å². The molecule has 0 spiro atoms. The van der Waals surface area contributed by atoms with Gasteiger partial charge in [0.05, 0.1) is 19.0 Å². The maximum Gasteiger partial charge on any atom is 0.233 e. The van der Waals surface area contributed by atoms with E-state index in [9.17, 15) is 0 Å². The largest absolute Gasteiger partial charge is 0.476 e. The van der Waals surface area contributed by atoms with Crippen molar-refractivity contribution in [3.63, 3.8) is 0 Å². The number of aromatic nitrogens is 2. The normalized spacial score (nSPS) is 10.8. The van der Waals surface area contributed by atoms with E-state index < -0.39 is 0 Å².